The van der Waals surface area contributed by atoms with Crippen LogP contribution in [0, 0.1) is 0 Å². The van der Waals surface area contributed by atoms with Crippen LogP contribution >= 0.6 is 31.9 Å². The summed E-state index contributed by atoms with van der Waals surface area (Å²) in [7, 11) is 0. The maximum absolute atomic E-state index is 11.8. The van der Waals surface area contributed by atoms with Crippen LogP contribution in [0.1, 0.15) is 39.5 Å². The van der Waals surface area contributed by atoms with E-state index < -0.39 is 12.1 Å². The van der Waals surface area contributed by atoms with Gasteiger partial charge in [0.05, 0.1) is 10.1 Å². The Hall–Kier alpha value is -0.620. The van der Waals surface area contributed by atoms with Gasteiger partial charge in [0.2, 0.25) is 0 Å². The lowest BCUT2D eigenvalue weighted by atomic mass is 10.1. The van der Waals surface area contributed by atoms with E-state index in [0.717, 1.165) is 12.8 Å². The second-order valence-corrected chi connectivity index (χ2v) is 5.36. The van der Waals surface area contributed by atoms with E-state index in [4.69, 9.17) is 9.47 Å². The molecule has 0 spiro atoms. The van der Waals surface area contributed by atoms with Crippen molar-refractivity contribution in [1.82, 2.24) is 0 Å². The summed E-state index contributed by atoms with van der Waals surface area (Å²) < 4.78 is 11.0. The van der Waals surface area contributed by atoms with Crippen LogP contribution in [0.4, 0.5) is 0 Å². The summed E-state index contributed by atoms with van der Waals surface area (Å²) in [5.41, 5.74) is 0.372. The third-order valence-corrected chi connectivity index (χ3v) is 3.81. The van der Waals surface area contributed by atoms with Crippen molar-refractivity contribution >= 4 is 43.8 Å². The molecule has 0 fully saturated rings. The van der Waals surface area contributed by atoms with Crippen LogP contribution in [0.5, 0.6) is 0 Å². The number of halogens is 2. The maximum Gasteiger partial charge on any atom is 0.344 e. The molecular weight excluding hydrogens is 380 g/mol. The van der Waals surface area contributed by atoms with Crippen LogP contribution < -0.4 is 0 Å². The van der Waals surface area contributed by atoms with Gasteiger partial charge in [-0.05, 0) is 28.8 Å². The third kappa shape index (κ3) is 4.18. The van der Waals surface area contributed by atoms with Gasteiger partial charge >= 0.3 is 11.9 Å². The number of ether oxygens (including phenoxy) is 2. The van der Waals surface area contributed by atoms with Gasteiger partial charge in [-0.1, -0.05) is 36.2 Å². The van der Waals surface area contributed by atoms with Gasteiger partial charge in [-0.25, -0.2) is 4.79 Å². The monoisotopic (exact) mass is 394 g/mol. The van der Waals surface area contributed by atoms with Gasteiger partial charge in [0.1, 0.15) is 6.10 Å². The molecule has 0 N–H and O–H groups in total. The van der Waals surface area contributed by atoms with E-state index in [-0.39, 0.29) is 5.97 Å². The van der Waals surface area contributed by atoms with Crippen LogP contribution in [-0.2, 0) is 19.1 Å². The van der Waals surface area contributed by atoms with Crippen molar-refractivity contribution in [2.75, 3.05) is 0 Å². The average Bonchev–Trinajstić information content (AvgIpc) is 2.64. The highest BCUT2D eigenvalue weighted by Gasteiger charge is 2.35. The van der Waals surface area contributed by atoms with Crippen LogP contribution in [-0.4, -0.2) is 18.0 Å². The number of rotatable bonds is 6. The lowest BCUT2D eigenvalue weighted by Crippen LogP contribution is -2.23. The van der Waals surface area contributed by atoms with Crippen molar-refractivity contribution in [2.24, 2.45) is 0 Å². The van der Waals surface area contributed by atoms with Crippen molar-refractivity contribution in [1.29, 1.82) is 0 Å². The fourth-order valence-electron chi connectivity index (χ4n) is 1.71. The number of hydrogen-bond acceptors (Lipinski definition) is 4. The van der Waals surface area contributed by atoms with E-state index >= 15 is 0 Å². The first-order valence-electron chi connectivity index (χ1n) is 6.17. The summed E-state index contributed by atoms with van der Waals surface area (Å²) in [6, 6.07) is 0. The highest BCUT2D eigenvalue weighted by atomic mass is 79.9. The SMILES string of the molecule is CCCC(=O)OC(CCC)C1=C(Br)/C(=C/Br)OC1=O. The standard InChI is InChI=1S/C13H16Br2O4/c1-3-5-8(18-10(16)6-4-2)11-12(15)9(7-14)19-13(11)17/h7-8H,3-6H2,1-2H3/b9-7-. The second kappa shape index (κ2) is 7.85. The highest BCUT2D eigenvalue weighted by Crippen LogP contribution is 2.35. The zero-order chi connectivity index (χ0) is 14.4. The molecule has 1 unspecified atom stereocenters. The quantitative estimate of drug-likeness (QED) is 0.639. The molecule has 1 atom stereocenters. The first-order chi connectivity index (χ1) is 9.04. The molecule has 0 aromatic heterocycles. The number of esters is 2. The minimum absolute atomic E-state index is 0.294. The van der Waals surface area contributed by atoms with Crippen LogP contribution in [0.15, 0.2) is 20.8 Å². The molecule has 106 valence electrons. The largest absolute Gasteiger partial charge is 0.457 e. The van der Waals surface area contributed by atoms with Gasteiger partial charge in [-0.2, -0.15) is 0 Å². The number of carbonyl (C=O) groups excluding carboxylic acids is 2. The molecule has 0 saturated carbocycles. The van der Waals surface area contributed by atoms with E-state index in [1.165, 1.54) is 4.99 Å². The van der Waals surface area contributed by atoms with Crippen LogP contribution in [0.25, 0.3) is 0 Å². The summed E-state index contributed by atoms with van der Waals surface area (Å²) in [5.74, 6) is -0.370. The smallest absolute Gasteiger partial charge is 0.344 e. The number of cyclic esters (lactones) is 1. The molecule has 19 heavy (non-hydrogen) atoms. The Morgan fingerprint density at radius 2 is 2.11 bits per heavy atom. The van der Waals surface area contributed by atoms with Crippen molar-refractivity contribution in [3.63, 3.8) is 0 Å². The predicted molar refractivity (Wildman–Crippen MR) is 78.8 cm³/mol. The predicted octanol–water partition coefficient (Wildman–Crippen LogP) is 3.94. The van der Waals surface area contributed by atoms with E-state index in [1.807, 2.05) is 13.8 Å². The lowest BCUT2D eigenvalue weighted by Gasteiger charge is -2.16. The van der Waals surface area contributed by atoms with E-state index in [1.54, 1.807) is 0 Å². The van der Waals surface area contributed by atoms with Gasteiger partial charge in [0.15, 0.2) is 5.76 Å². The van der Waals surface area contributed by atoms with Gasteiger partial charge in [-0.3, -0.25) is 4.79 Å². The Morgan fingerprint density at radius 3 is 2.58 bits per heavy atom. The summed E-state index contributed by atoms with van der Waals surface area (Å²) in [5, 5.41) is 0. The Morgan fingerprint density at radius 1 is 1.42 bits per heavy atom. The van der Waals surface area contributed by atoms with Gasteiger partial charge in [-0.15, -0.1) is 0 Å². The molecule has 0 aromatic rings. The van der Waals surface area contributed by atoms with Crippen molar-refractivity contribution in [2.45, 2.75) is 45.6 Å². The lowest BCUT2D eigenvalue weighted by molar-refractivity contribution is -0.148. The number of hydrogen-bond donors (Lipinski definition) is 0. The topological polar surface area (TPSA) is 52.6 Å². The summed E-state index contributed by atoms with van der Waals surface area (Å²) >= 11 is 6.44. The first-order valence-corrected chi connectivity index (χ1v) is 7.88. The molecule has 0 aromatic carbocycles. The fourth-order valence-corrected chi connectivity index (χ4v) is 2.95. The molecule has 0 aliphatic carbocycles. The third-order valence-electron chi connectivity index (χ3n) is 2.58. The van der Waals surface area contributed by atoms with E-state index in [9.17, 15) is 9.59 Å². The van der Waals surface area contributed by atoms with Crippen LogP contribution in [0.3, 0.4) is 0 Å². The van der Waals surface area contributed by atoms with Gasteiger partial charge in [0, 0.05) is 11.4 Å². The normalized spacial score (nSPS) is 18.7. The Kier molecular flexibility index (Phi) is 6.79. The van der Waals surface area contributed by atoms with Crippen molar-refractivity contribution in [3.8, 4) is 0 Å². The minimum Gasteiger partial charge on any atom is -0.457 e. The summed E-state index contributed by atoms with van der Waals surface area (Å²) in [4.78, 5) is 25.0. The Labute approximate surface area is 129 Å². The molecule has 1 aliphatic heterocycles. The fraction of sp³-hybridized carbons (Fsp3) is 0.538. The molecule has 0 amide bonds. The van der Waals surface area contributed by atoms with E-state index in [0.29, 0.717) is 28.7 Å². The highest BCUT2D eigenvalue weighted by molar-refractivity contribution is 9.12. The first kappa shape index (κ1) is 16.4. The minimum atomic E-state index is -0.559. The van der Waals surface area contributed by atoms with E-state index in [2.05, 4.69) is 31.9 Å². The Balaban J connectivity index is 2.95. The zero-order valence-corrected chi connectivity index (χ0v) is 14.0. The molecular formula is C13H16Br2O4. The number of allylic oxidation sites excluding steroid dienone is 1. The van der Waals surface area contributed by atoms with Gasteiger partial charge in [0.25, 0.3) is 0 Å². The number of carbonyl (C=O) groups is 2. The van der Waals surface area contributed by atoms with Crippen LogP contribution in [0.2, 0.25) is 0 Å². The molecule has 0 saturated heterocycles. The van der Waals surface area contributed by atoms with Gasteiger partial charge < -0.3 is 9.47 Å². The molecule has 1 rings (SSSR count). The maximum atomic E-state index is 11.8. The molecule has 4 nitrogen and oxygen atoms in total. The molecule has 0 radical (unpaired) electrons. The molecule has 0 bridgehead atoms. The average molecular weight is 396 g/mol. The molecule has 1 heterocycles. The Bertz CT molecular complexity index is 426. The van der Waals surface area contributed by atoms with Crippen molar-refractivity contribution in [3.05, 3.63) is 20.8 Å². The second-order valence-electron chi connectivity index (χ2n) is 4.11. The summed E-state index contributed by atoms with van der Waals surface area (Å²) in [6.07, 6.45) is 1.89. The molecule has 1 aliphatic rings. The zero-order valence-electron chi connectivity index (χ0n) is 10.9. The van der Waals surface area contributed by atoms with Crippen molar-refractivity contribution < 1.29 is 19.1 Å². The summed E-state index contributed by atoms with van der Waals surface area (Å²) in [6.45, 7) is 3.87. The molecule has 6 heteroatoms.